The molecule has 0 saturated carbocycles. The van der Waals surface area contributed by atoms with Crippen LogP contribution in [0.5, 0.6) is 17.2 Å². The molecule has 0 aliphatic carbocycles. The molecule has 1 aliphatic heterocycles. The summed E-state index contributed by atoms with van der Waals surface area (Å²) in [7, 11) is 0. The number of hydrogen-bond acceptors (Lipinski definition) is 5. The van der Waals surface area contributed by atoms with Gasteiger partial charge in [-0.15, -0.1) is 0 Å². The van der Waals surface area contributed by atoms with Crippen molar-refractivity contribution >= 4 is 5.97 Å². The predicted octanol–water partition coefficient (Wildman–Crippen LogP) is 5.74. The van der Waals surface area contributed by atoms with E-state index in [2.05, 4.69) is 50.2 Å². The largest absolute Gasteiger partial charge is 0.550 e. The van der Waals surface area contributed by atoms with Crippen molar-refractivity contribution in [1.29, 1.82) is 0 Å². The molecule has 0 amide bonds. The number of aryl methyl sites for hydroxylation is 2. The van der Waals surface area contributed by atoms with Crippen LogP contribution in [0.3, 0.4) is 0 Å². The summed E-state index contributed by atoms with van der Waals surface area (Å²) < 4.78 is 18.1. The van der Waals surface area contributed by atoms with E-state index in [1.54, 1.807) is 0 Å². The lowest BCUT2D eigenvalue weighted by molar-refractivity contribution is -0.306. The van der Waals surface area contributed by atoms with Gasteiger partial charge in [-0.2, -0.15) is 0 Å². The second kappa shape index (κ2) is 10.8. The Morgan fingerprint density at radius 3 is 2.38 bits per heavy atom. The highest BCUT2D eigenvalue weighted by Crippen LogP contribution is 2.39. The van der Waals surface area contributed by atoms with E-state index in [1.165, 1.54) is 11.1 Å². The summed E-state index contributed by atoms with van der Waals surface area (Å²) in [6.45, 7) is 5.44. The van der Waals surface area contributed by atoms with Gasteiger partial charge in [0, 0.05) is 29.1 Å². The number of hydrogen-bond donors (Lipinski definition) is 0. The maximum atomic E-state index is 11.0. The number of carbonyl (C=O) groups excluding carboxylic acids is 1. The summed E-state index contributed by atoms with van der Waals surface area (Å²) >= 11 is 0. The van der Waals surface area contributed by atoms with Crippen molar-refractivity contribution < 1.29 is 24.1 Å². The zero-order valence-electron chi connectivity index (χ0n) is 21.0. The third-order valence-electron chi connectivity index (χ3n) is 6.72. The van der Waals surface area contributed by atoms with Crippen LogP contribution in [0.15, 0.2) is 84.9 Å². The second-order valence-electron chi connectivity index (χ2n) is 9.44. The zero-order chi connectivity index (χ0) is 25.8. The highest BCUT2D eigenvalue weighted by atomic mass is 16.5. The maximum absolute atomic E-state index is 11.0. The molecule has 0 radical (unpaired) electrons. The molecular weight excluding hydrogens is 464 g/mol. The first-order valence-electron chi connectivity index (χ1n) is 12.4. The van der Waals surface area contributed by atoms with E-state index in [1.807, 2.05) is 48.5 Å². The lowest BCUT2D eigenvalue weighted by Gasteiger charge is -2.17. The molecule has 0 bridgehead atoms. The highest BCUT2D eigenvalue weighted by Gasteiger charge is 2.24. The topological polar surface area (TPSA) is 67.8 Å². The van der Waals surface area contributed by atoms with Crippen LogP contribution in [0.2, 0.25) is 0 Å². The minimum absolute atomic E-state index is 0.0486. The van der Waals surface area contributed by atoms with Crippen LogP contribution in [0.1, 0.15) is 40.2 Å². The van der Waals surface area contributed by atoms with E-state index >= 15 is 0 Å². The molecule has 0 aromatic heterocycles. The van der Waals surface area contributed by atoms with Gasteiger partial charge in [-0.25, -0.2) is 0 Å². The Labute approximate surface area is 217 Å². The Morgan fingerprint density at radius 1 is 0.865 bits per heavy atom. The summed E-state index contributed by atoms with van der Waals surface area (Å²) in [6, 6.07) is 28.2. The third kappa shape index (κ3) is 5.61. The van der Waals surface area contributed by atoms with Crippen molar-refractivity contribution in [3.8, 4) is 28.4 Å². The molecular formula is C32H29O5-. The number of ether oxygens (including phenoxy) is 3. The monoisotopic (exact) mass is 493 g/mol. The van der Waals surface area contributed by atoms with Crippen molar-refractivity contribution in [2.75, 3.05) is 6.61 Å². The maximum Gasteiger partial charge on any atom is 0.127 e. The molecule has 5 heteroatoms. The molecule has 0 fully saturated rings. The van der Waals surface area contributed by atoms with E-state index in [9.17, 15) is 9.90 Å². The molecule has 5 rings (SSSR count). The lowest BCUT2D eigenvalue weighted by Crippen LogP contribution is -2.24. The molecule has 1 atom stereocenters. The molecule has 1 unspecified atom stereocenters. The standard InChI is InChI=1S/C32H30O5/c1-21-7-6-8-22(2)32(21)28-15-24(11-14-29(28)36-18-23-9-4-3-5-10-23)19-35-26-12-13-27-25(16-31(33)34)20-37-30(27)17-26/h3-15,17,25H,16,18-20H2,1-2H3,(H,33,34)/p-1. The molecule has 0 spiro atoms. The number of carbonyl (C=O) groups is 1. The van der Waals surface area contributed by atoms with E-state index in [-0.39, 0.29) is 12.3 Å². The fraction of sp³-hybridized carbons (Fsp3) is 0.219. The van der Waals surface area contributed by atoms with Crippen molar-refractivity contribution in [1.82, 2.24) is 0 Å². The van der Waals surface area contributed by atoms with Gasteiger partial charge in [0.1, 0.15) is 30.5 Å². The number of carboxylic acids is 1. The number of aliphatic carboxylic acids is 1. The Hall–Kier alpha value is -4.25. The van der Waals surface area contributed by atoms with Crippen LogP contribution >= 0.6 is 0 Å². The third-order valence-corrected chi connectivity index (χ3v) is 6.72. The molecule has 37 heavy (non-hydrogen) atoms. The van der Waals surface area contributed by atoms with Gasteiger partial charge < -0.3 is 24.1 Å². The zero-order valence-corrected chi connectivity index (χ0v) is 21.0. The van der Waals surface area contributed by atoms with Gasteiger partial charge in [0.15, 0.2) is 0 Å². The molecule has 0 saturated heterocycles. The molecule has 4 aromatic carbocycles. The Kier molecular flexibility index (Phi) is 7.13. The molecule has 1 heterocycles. The van der Waals surface area contributed by atoms with Crippen LogP contribution < -0.4 is 19.3 Å². The van der Waals surface area contributed by atoms with Crippen molar-refractivity contribution in [3.63, 3.8) is 0 Å². The quantitative estimate of drug-likeness (QED) is 0.297. The summed E-state index contributed by atoms with van der Waals surface area (Å²) in [5.74, 6) is 0.917. The van der Waals surface area contributed by atoms with Crippen LogP contribution in [-0.2, 0) is 18.0 Å². The van der Waals surface area contributed by atoms with Crippen molar-refractivity contribution in [3.05, 3.63) is 113 Å². The average Bonchev–Trinajstić information content (AvgIpc) is 3.28. The van der Waals surface area contributed by atoms with Crippen LogP contribution in [0.25, 0.3) is 11.1 Å². The fourth-order valence-electron chi connectivity index (χ4n) is 4.85. The summed E-state index contributed by atoms with van der Waals surface area (Å²) in [4.78, 5) is 11.0. The van der Waals surface area contributed by atoms with E-state index < -0.39 is 5.97 Å². The first-order valence-corrected chi connectivity index (χ1v) is 12.4. The first-order chi connectivity index (χ1) is 18.0. The van der Waals surface area contributed by atoms with Gasteiger partial charge >= 0.3 is 0 Å². The number of carboxylic acid groups (broad SMARTS) is 1. The minimum Gasteiger partial charge on any atom is -0.550 e. The number of rotatable bonds is 9. The van der Waals surface area contributed by atoms with Crippen molar-refractivity contribution in [2.45, 2.75) is 39.4 Å². The molecule has 5 nitrogen and oxygen atoms in total. The Balaban J connectivity index is 1.37. The SMILES string of the molecule is Cc1cccc(C)c1-c1cc(COc2ccc3c(c2)OCC3CC(=O)[O-])ccc1OCc1ccccc1. The molecule has 188 valence electrons. The smallest absolute Gasteiger partial charge is 0.127 e. The number of fused-ring (bicyclic) bond motifs is 1. The van der Waals surface area contributed by atoms with Gasteiger partial charge in [0.05, 0.1) is 6.61 Å². The van der Waals surface area contributed by atoms with Gasteiger partial charge in [0.2, 0.25) is 0 Å². The van der Waals surface area contributed by atoms with Crippen LogP contribution in [-0.4, -0.2) is 12.6 Å². The van der Waals surface area contributed by atoms with Crippen LogP contribution in [0.4, 0.5) is 0 Å². The minimum atomic E-state index is -1.07. The Morgan fingerprint density at radius 2 is 1.62 bits per heavy atom. The van der Waals surface area contributed by atoms with Gasteiger partial charge in [0.25, 0.3) is 0 Å². The summed E-state index contributed by atoms with van der Waals surface area (Å²) in [5, 5.41) is 11.0. The van der Waals surface area contributed by atoms with Gasteiger partial charge in [-0.3, -0.25) is 0 Å². The van der Waals surface area contributed by atoms with Gasteiger partial charge in [-0.05, 0) is 66.3 Å². The van der Waals surface area contributed by atoms with Crippen molar-refractivity contribution in [2.24, 2.45) is 0 Å². The molecule has 0 N–H and O–H groups in total. The average molecular weight is 494 g/mol. The van der Waals surface area contributed by atoms with Gasteiger partial charge in [-0.1, -0.05) is 60.7 Å². The predicted molar refractivity (Wildman–Crippen MR) is 141 cm³/mol. The highest BCUT2D eigenvalue weighted by molar-refractivity contribution is 5.76. The second-order valence-corrected chi connectivity index (χ2v) is 9.44. The normalized spacial score (nSPS) is 14.1. The summed E-state index contributed by atoms with van der Waals surface area (Å²) in [6.07, 6.45) is -0.0486. The van der Waals surface area contributed by atoms with E-state index in [0.29, 0.717) is 31.3 Å². The Bertz CT molecular complexity index is 1390. The lowest BCUT2D eigenvalue weighted by atomic mass is 9.94. The molecule has 1 aliphatic rings. The fourth-order valence-corrected chi connectivity index (χ4v) is 4.85. The number of benzene rings is 4. The first kappa shape index (κ1) is 24.4. The molecule has 4 aromatic rings. The van der Waals surface area contributed by atoms with E-state index in [0.717, 1.165) is 33.6 Å². The van der Waals surface area contributed by atoms with Crippen LogP contribution in [0, 0.1) is 13.8 Å². The summed E-state index contributed by atoms with van der Waals surface area (Å²) in [5.41, 5.74) is 7.58. The van der Waals surface area contributed by atoms with E-state index in [4.69, 9.17) is 14.2 Å².